The van der Waals surface area contributed by atoms with Gasteiger partial charge in [0.1, 0.15) is 0 Å². The molecule has 27 heavy (non-hydrogen) atoms. The van der Waals surface area contributed by atoms with Crippen LogP contribution >= 0.6 is 0 Å². The number of benzene rings is 2. The van der Waals surface area contributed by atoms with Gasteiger partial charge < -0.3 is 9.80 Å². The zero-order valence-electron chi connectivity index (χ0n) is 15.7. The van der Waals surface area contributed by atoms with Crippen LogP contribution in [-0.2, 0) is 6.54 Å². The van der Waals surface area contributed by atoms with E-state index in [1.54, 1.807) is 36.1 Å². The third-order valence-corrected chi connectivity index (χ3v) is 4.21. The van der Waals surface area contributed by atoms with Crippen LogP contribution in [0.15, 0.2) is 42.5 Å². The molecule has 0 atom stereocenters. The maximum absolute atomic E-state index is 13.0. The van der Waals surface area contributed by atoms with Crippen LogP contribution in [-0.4, -0.2) is 47.8 Å². The second kappa shape index (κ2) is 8.92. The molecule has 0 spiro atoms. The maximum atomic E-state index is 13.0. The first-order valence-electron chi connectivity index (χ1n) is 8.50. The Labute approximate surface area is 158 Å². The average molecular weight is 366 g/mol. The SMILES string of the molecule is Cc1ccc(C(=O)N(CCN(C)C)Cc2ccc(C#N)cc2)cc1[N+](=O)[O-]. The van der Waals surface area contributed by atoms with Gasteiger partial charge in [-0.2, -0.15) is 5.26 Å². The van der Waals surface area contributed by atoms with Crippen LogP contribution in [0.5, 0.6) is 0 Å². The molecule has 7 nitrogen and oxygen atoms in total. The predicted molar refractivity (Wildman–Crippen MR) is 102 cm³/mol. The van der Waals surface area contributed by atoms with E-state index in [-0.39, 0.29) is 11.6 Å². The number of nitrogens with zero attached hydrogens (tertiary/aromatic N) is 4. The summed E-state index contributed by atoms with van der Waals surface area (Å²) in [5, 5.41) is 20.1. The summed E-state index contributed by atoms with van der Waals surface area (Å²) in [7, 11) is 3.84. The molecular formula is C20H22N4O3. The van der Waals surface area contributed by atoms with E-state index in [0.717, 1.165) is 5.56 Å². The molecule has 0 radical (unpaired) electrons. The van der Waals surface area contributed by atoms with E-state index in [2.05, 4.69) is 6.07 Å². The standard InChI is InChI=1S/C20H22N4O3/c1-15-4-9-18(12-19(15)24(26)27)20(25)23(11-10-22(2)3)14-17-7-5-16(13-21)6-8-17/h4-9,12H,10-11,14H2,1-3H3. The second-order valence-corrected chi connectivity index (χ2v) is 6.60. The highest BCUT2D eigenvalue weighted by Gasteiger charge is 2.20. The minimum Gasteiger partial charge on any atom is -0.333 e. The normalized spacial score (nSPS) is 10.5. The molecule has 0 bridgehead atoms. The Hall–Kier alpha value is -3.24. The fourth-order valence-corrected chi connectivity index (χ4v) is 2.60. The van der Waals surface area contributed by atoms with Gasteiger partial charge in [0.15, 0.2) is 0 Å². The Morgan fingerprint density at radius 3 is 2.37 bits per heavy atom. The van der Waals surface area contributed by atoms with Crippen molar-refractivity contribution in [2.45, 2.75) is 13.5 Å². The quantitative estimate of drug-likeness (QED) is 0.555. The van der Waals surface area contributed by atoms with E-state index in [0.29, 0.717) is 36.3 Å². The molecule has 0 saturated heterocycles. The molecule has 140 valence electrons. The van der Waals surface area contributed by atoms with Crippen molar-refractivity contribution in [3.05, 3.63) is 74.8 Å². The summed E-state index contributed by atoms with van der Waals surface area (Å²) in [5.74, 6) is -0.260. The van der Waals surface area contributed by atoms with Crippen molar-refractivity contribution in [3.8, 4) is 6.07 Å². The molecule has 0 N–H and O–H groups in total. The molecule has 1 amide bonds. The lowest BCUT2D eigenvalue weighted by Gasteiger charge is -2.25. The number of amides is 1. The molecule has 0 aliphatic carbocycles. The fraction of sp³-hybridized carbons (Fsp3) is 0.300. The van der Waals surface area contributed by atoms with Gasteiger partial charge in [-0.05, 0) is 44.8 Å². The minimum absolute atomic E-state index is 0.0632. The van der Waals surface area contributed by atoms with Gasteiger partial charge in [-0.25, -0.2) is 0 Å². The lowest BCUT2D eigenvalue weighted by atomic mass is 10.1. The molecule has 0 aliphatic heterocycles. The van der Waals surface area contributed by atoms with Crippen LogP contribution in [0.4, 0.5) is 5.69 Å². The van der Waals surface area contributed by atoms with Crippen LogP contribution in [0.3, 0.4) is 0 Å². The van der Waals surface area contributed by atoms with Crippen molar-refractivity contribution < 1.29 is 9.72 Å². The van der Waals surface area contributed by atoms with E-state index in [4.69, 9.17) is 5.26 Å². The number of nitro benzene ring substituents is 1. The summed E-state index contributed by atoms with van der Waals surface area (Å²) in [5.41, 5.74) is 2.19. The van der Waals surface area contributed by atoms with E-state index in [9.17, 15) is 14.9 Å². The Bertz CT molecular complexity index is 870. The highest BCUT2D eigenvalue weighted by atomic mass is 16.6. The lowest BCUT2D eigenvalue weighted by Crippen LogP contribution is -2.36. The van der Waals surface area contributed by atoms with Gasteiger partial charge in [0.2, 0.25) is 0 Å². The summed E-state index contributed by atoms with van der Waals surface area (Å²) in [4.78, 5) is 27.3. The van der Waals surface area contributed by atoms with Crippen molar-refractivity contribution in [3.63, 3.8) is 0 Å². The molecule has 0 saturated carbocycles. The minimum atomic E-state index is -0.475. The highest BCUT2D eigenvalue weighted by molar-refractivity contribution is 5.95. The third kappa shape index (κ3) is 5.36. The molecule has 2 aromatic carbocycles. The van der Waals surface area contributed by atoms with Crippen molar-refractivity contribution >= 4 is 11.6 Å². The summed E-state index contributed by atoms with van der Waals surface area (Å²) < 4.78 is 0. The topological polar surface area (TPSA) is 90.5 Å². The van der Waals surface area contributed by atoms with Gasteiger partial charge in [0, 0.05) is 36.8 Å². The number of likely N-dealkylation sites (N-methyl/N-ethyl adjacent to an activating group) is 1. The number of rotatable bonds is 7. The number of aryl methyl sites for hydroxylation is 1. The smallest absolute Gasteiger partial charge is 0.273 e. The zero-order chi connectivity index (χ0) is 20.0. The first kappa shape index (κ1) is 20.1. The van der Waals surface area contributed by atoms with Crippen LogP contribution in [0.25, 0.3) is 0 Å². The van der Waals surface area contributed by atoms with Crippen molar-refractivity contribution in [1.29, 1.82) is 5.26 Å². The summed E-state index contributed by atoms with van der Waals surface area (Å²) in [6, 6.07) is 13.7. The third-order valence-electron chi connectivity index (χ3n) is 4.21. The average Bonchev–Trinajstić information content (AvgIpc) is 2.65. The molecule has 0 aromatic heterocycles. The van der Waals surface area contributed by atoms with Gasteiger partial charge in [-0.15, -0.1) is 0 Å². The number of nitriles is 1. The summed E-state index contributed by atoms with van der Waals surface area (Å²) in [6.45, 7) is 3.15. The van der Waals surface area contributed by atoms with Crippen molar-refractivity contribution in [2.24, 2.45) is 0 Å². The second-order valence-electron chi connectivity index (χ2n) is 6.60. The Balaban J connectivity index is 2.29. The molecular weight excluding hydrogens is 344 g/mol. The number of carbonyl (C=O) groups excluding carboxylic acids is 1. The monoisotopic (exact) mass is 366 g/mol. The van der Waals surface area contributed by atoms with Gasteiger partial charge in [0.25, 0.3) is 11.6 Å². The molecule has 0 fully saturated rings. The number of carbonyl (C=O) groups is 1. The Morgan fingerprint density at radius 1 is 1.15 bits per heavy atom. The predicted octanol–water partition coefficient (Wildman–Crippen LogP) is 2.98. The van der Waals surface area contributed by atoms with Crippen molar-refractivity contribution in [2.75, 3.05) is 27.2 Å². The summed E-state index contributed by atoms with van der Waals surface area (Å²) in [6.07, 6.45) is 0. The van der Waals surface area contributed by atoms with Crippen LogP contribution < -0.4 is 0 Å². The van der Waals surface area contributed by atoms with E-state index < -0.39 is 4.92 Å². The first-order valence-corrected chi connectivity index (χ1v) is 8.50. The van der Waals surface area contributed by atoms with Crippen LogP contribution in [0.1, 0.15) is 27.0 Å². The largest absolute Gasteiger partial charge is 0.333 e. The Morgan fingerprint density at radius 2 is 1.81 bits per heavy atom. The molecule has 7 heteroatoms. The van der Waals surface area contributed by atoms with Gasteiger partial charge in [-0.1, -0.05) is 18.2 Å². The van der Waals surface area contributed by atoms with Crippen LogP contribution in [0.2, 0.25) is 0 Å². The number of hydrogen-bond donors (Lipinski definition) is 0. The first-order chi connectivity index (χ1) is 12.8. The highest BCUT2D eigenvalue weighted by Crippen LogP contribution is 2.21. The van der Waals surface area contributed by atoms with Crippen LogP contribution in [0, 0.1) is 28.4 Å². The fourth-order valence-electron chi connectivity index (χ4n) is 2.60. The molecule has 0 heterocycles. The maximum Gasteiger partial charge on any atom is 0.273 e. The van der Waals surface area contributed by atoms with Gasteiger partial charge >= 0.3 is 0 Å². The van der Waals surface area contributed by atoms with E-state index >= 15 is 0 Å². The number of hydrogen-bond acceptors (Lipinski definition) is 5. The zero-order valence-corrected chi connectivity index (χ0v) is 15.7. The van der Waals surface area contributed by atoms with Gasteiger partial charge in [-0.3, -0.25) is 14.9 Å². The number of nitro groups is 1. The lowest BCUT2D eigenvalue weighted by molar-refractivity contribution is -0.385. The van der Waals surface area contributed by atoms with Gasteiger partial charge in [0.05, 0.1) is 16.6 Å². The van der Waals surface area contributed by atoms with Crippen molar-refractivity contribution in [1.82, 2.24) is 9.80 Å². The summed E-state index contributed by atoms with van der Waals surface area (Å²) >= 11 is 0. The van der Waals surface area contributed by atoms with E-state index in [1.807, 2.05) is 31.1 Å². The van der Waals surface area contributed by atoms with E-state index in [1.165, 1.54) is 6.07 Å². The molecule has 0 aliphatic rings. The molecule has 2 aromatic rings. The Kier molecular flexibility index (Phi) is 6.63. The molecule has 2 rings (SSSR count). The molecule has 0 unspecified atom stereocenters.